The normalized spacial score (nSPS) is 11.2. The molecule has 2 heterocycles. The van der Waals surface area contributed by atoms with Gasteiger partial charge in [0, 0.05) is 17.3 Å². The van der Waals surface area contributed by atoms with E-state index < -0.39 is 17.3 Å². The molecule has 0 amide bonds. The second-order valence-corrected chi connectivity index (χ2v) is 6.75. The zero-order valence-electron chi connectivity index (χ0n) is 16.0. The van der Waals surface area contributed by atoms with Crippen molar-refractivity contribution in [3.63, 3.8) is 0 Å². The van der Waals surface area contributed by atoms with Crippen LogP contribution in [0.15, 0.2) is 53.6 Å². The highest BCUT2D eigenvalue weighted by molar-refractivity contribution is 5.67. The summed E-state index contributed by atoms with van der Waals surface area (Å²) in [6.45, 7) is 3.60. The molecule has 0 aliphatic carbocycles. The highest BCUT2D eigenvalue weighted by atomic mass is 19.1. The van der Waals surface area contributed by atoms with E-state index in [9.17, 15) is 13.6 Å². The van der Waals surface area contributed by atoms with Crippen LogP contribution in [-0.2, 0) is 13.0 Å². The average molecular weight is 395 g/mol. The van der Waals surface area contributed by atoms with E-state index in [1.165, 1.54) is 9.25 Å². The summed E-state index contributed by atoms with van der Waals surface area (Å²) >= 11 is 0. The summed E-state index contributed by atoms with van der Waals surface area (Å²) in [4.78, 5) is 12.9. The van der Waals surface area contributed by atoms with Crippen LogP contribution in [0.25, 0.3) is 16.8 Å². The summed E-state index contributed by atoms with van der Waals surface area (Å²) in [7, 11) is 0. The van der Waals surface area contributed by atoms with Gasteiger partial charge in [0.05, 0.1) is 18.4 Å². The average Bonchev–Trinajstić information content (AvgIpc) is 3.34. The van der Waals surface area contributed by atoms with Gasteiger partial charge in [-0.3, -0.25) is 9.67 Å². The van der Waals surface area contributed by atoms with Gasteiger partial charge >= 0.3 is 5.69 Å². The summed E-state index contributed by atoms with van der Waals surface area (Å²) in [5, 5.41) is 11.1. The van der Waals surface area contributed by atoms with Crippen molar-refractivity contribution in [2.45, 2.75) is 26.8 Å². The number of hydrogen-bond acceptors (Lipinski definition) is 3. The Labute approximate surface area is 165 Å². The van der Waals surface area contributed by atoms with E-state index in [1.807, 2.05) is 31.3 Å². The number of H-pyrrole nitrogens is 1. The van der Waals surface area contributed by atoms with E-state index in [0.717, 1.165) is 41.3 Å². The molecule has 0 atom stereocenters. The fraction of sp³-hybridized carbons (Fsp3) is 0.190. The third-order valence-corrected chi connectivity index (χ3v) is 4.91. The summed E-state index contributed by atoms with van der Waals surface area (Å²) < 4.78 is 30.1. The van der Waals surface area contributed by atoms with Crippen LogP contribution in [0.3, 0.4) is 0 Å². The molecule has 0 aliphatic rings. The molecule has 1 N–H and O–H groups in total. The van der Waals surface area contributed by atoms with Gasteiger partial charge in [-0.05, 0) is 54.8 Å². The second kappa shape index (κ2) is 7.46. The molecular weight excluding hydrogens is 376 g/mol. The first-order valence-corrected chi connectivity index (χ1v) is 9.20. The zero-order valence-corrected chi connectivity index (χ0v) is 16.0. The van der Waals surface area contributed by atoms with E-state index in [2.05, 4.69) is 15.3 Å². The van der Waals surface area contributed by atoms with E-state index in [-0.39, 0.29) is 12.1 Å². The Morgan fingerprint density at radius 2 is 1.93 bits per heavy atom. The van der Waals surface area contributed by atoms with Crippen molar-refractivity contribution in [3.05, 3.63) is 87.9 Å². The maximum atomic E-state index is 14.0. The summed E-state index contributed by atoms with van der Waals surface area (Å²) in [6.07, 6.45) is 4.32. The van der Waals surface area contributed by atoms with Crippen LogP contribution in [0.5, 0.6) is 0 Å². The molecule has 8 heteroatoms. The molecular formula is C21H19F2N5O. The van der Waals surface area contributed by atoms with Crippen molar-refractivity contribution < 1.29 is 8.78 Å². The first kappa shape index (κ1) is 18.8. The lowest BCUT2D eigenvalue weighted by molar-refractivity contribution is 0.572. The molecule has 4 aromatic rings. The molecule has 0 bridgehead atoms. The number of benzene rings is 2. The van der Waals surface area contributed by atoms with E-state index in [1.54, 1.807) is 13.1 Å². The molecule has 2 aromatic heterocycles. The summed E-state index contributed by atoms with van der Waals surface area (Å²) in [5.41, 5.74) is 3.32. The molecule has 148 valence electrons. The van der Waals surface area contributed by atoms with Crippen molar-refractivity contribution in [2.75, 3.05) is 0 Å². The third kappa shape index (κ3) is 3.49. The standard InChI is InChI=1S/C21H19F2N5O/c1-3-14-9-18(5-6-19(14)16-10-24-25-11-16)28-21(29)27(13(2)26-28)12-15-8-17(22)4-7-20(15)23/h4-11H,3,12H2,1-2H3,(H,24,25). The predicted molar refractivity (Wildman–Crippen MR) is 105 cm³/mol. The van der Waals surface area contributed by atoms with Gasteiger partial charge in [-0.2, -0.15) is 14.9 Å². The van der Waals surface area contributed by atoms with Crippen molar-refractivity contribution in [1.82, 2.24) is 24.5 Å². The van der Waals surface area contributed by atoms with Crippen molar-refractivity contribution >= 4 is 0 Å². The maximum absolute atomic E-state index is 14.0. The molecule has 0 unspecified atom stereocenters. The van der Waals surface area contributed by atoms with Crippen LogP contribution in [0, 0.1) is 18.6 Å². The van der Waals surface area contributed by atoms with E-state index in [4.69, 9.17) is 0 Å². The van der Waals surface area contributed by atoms with Gasteiger partial charge in [-0.25, -0.2) is 13.6 Å². The Balaban J connectivity index is 1.74. The number of rotatable bonds is 5. The number of aromatic amines is 1. The monoisotopic (exact) mass is 395 g/mol. The van der Waals surface area contributed by atoms with Gasteiger partial charge in [0.25, 0.3) is 0 Å². The lowest BCUT2D eigenvalue weighted by atomic mass is 10.00. The molecule has 0 radical (unpaired) electrons. The molecule has 0 saturated heterocycles. The first-order valence-electron chi connectivity index (χ1n) is 9.20. The predicted octanol–water partition coefficient (Wildman–Crippen LogP) is 3.62. The molecule has 4 rings (SSSR count). The summed E-state index contributed by atoms with van der Waals surface area (Å²) in [6, 6.07) is 8.83. The third-order valence-electron chi connectivity index (χ3n) is 4.91. The molecule has 2 aromatic carbocycles. The van der Waals surface area contributed by atoms with Gasteiger partial charge in [-0.15, -0.1) is 0 Å². The number of nitrogens with zero attached hydrogens (tertiary/aromatic N) is 4. The fourth-order valence-corrected chi connectivity index (χ4v) is 3.36. The fourth-order valence-electron chi connectivity index (χ4n) is 3.36. The number of aromatic nitrogens is 5. The topological polar surface area (TPSA) is 68.5 Å². The number of aryl methyl sites for hydroxylation is 2. The highest BCUT2D eigenvalue weighted by Gasteiger charge is 2.15. The largest absolute Gasteiger partial charge is 0.351 e. The number of hydrogen-bond donors (Lipinski definition) is 1. The van der Waals surface area contributed by atoms with Gasteiger partial charge < -0.3 is 0 Å². The van der Waals surface area contributed by atoms with Crippen LogP contribution >= 0.6 is 0 Å². The van der Waals surface area contributed by atoms with E-state index in [0.29, 0.717) is 11.5 Å². The van der Waals surface area contributed by atoms with Crippen LogP contribution in [0.1, 0.15) is 23.9 Å². The van der Waals surface area contributed by atoms with Crippen LogP contribution in [-0.4, -0.2) is 24.5 Å². The Morgan fingerprint density at radius 1 is 1.10 bits per heavy atom. The Bertz CT molecular complexity index is 1220. The zero-order chi connectivity index (χ0) is 20.5. The van der Waals surface area contributed by atoms with Gasteiger partial charge in [0.15, 0.2) is 0 Å². The number of halogens is 2. The van der Waals surface area contributed by atoms with Crippen molar-refractivity contribution in [1.29, 1.82) is 0 Å². The minimum atomic E-state index is -0.566. The van der Waals surface area contributed by atoms with Crippen molar-refractivity contribution in [2.24, 2.45) is 0 Å². The molecule has 29 heavy (non-hydrogen) atoms. The highest BCUT2D eigenvalue weighted by Crippen LogP contribution is 2.25. The molecule has 0 aliphatic heterocycles. The minimum Gasteiger partial charge on any atom is -0.285 e. The first-order chi connectivity index (χ1) is 14.0. The summed E-state index contributed by atoms with van der Waals surface area (Å²) in [5.74, 6) is -0.708. The molecule has 6 nitrogen and oxygen atoms in total. The Hall–Kier alpha value is -3.55. The molecule has 0 spiro atoms. The quantitative estimate of drug-likeness (QED) is 0.561. The minimum absolute atomic E-state index is 0.0952. The maximum Gasteiger partial charge on any atom is 0.351 e. The lowest BCUT2D eigenvalue weighted by Gasteiger charge is -2.09. The van der Waals surface area contributed by atoms with Crippen LogP contribution in [0.4, 0.5) is 8.78 Å². The molecule has 0 fully saturated rings. The van der Waals surface area contributed by atoms with Gasteiger partial charge in [-0.1, -0.05) is 13.0 Å². The smallest absolute Gasteiger partial charge is 0.285 e. The Morgan fingerprint density at radius 3 is 2.66 bits per heavy atom. The van der Waals surface area contributed by atoms with Crippen LogP contribution < -0.4 is 5.69 Å². The lowest BCUT2D eigenvalue weighted by Crippen LogP contribution is -2.25. The van der Waals surface area contributed by atoms with Crippen LogP contribution in [0.2, 0.25) is 0 Å². The Kier molecular flexibility index (Phi) is 4.84. The van der Waals surface area contributed by atoms with E-state index >= 15 is 0 Å². The number of nitrogens with one attached hydrogen (secondary N) is 1. The van der Waals surface area contributed by atoms with Crippen molar-refractivity contribution in [3.8, 4) is 16.8 Å². The second-order valence-electron chi connectivity index (χ2n) is 6.75. The SMILES string of the molecule is CCc1cc(-n2nc(C)n(Cc3cc(F)ccc3F)c2=O)ccc1-c1cn[nH]c1. The van der Waals surface area contributed by atoms with Gasteiger partial charge in [0.2, 0.25) is 0 Å². The van der Waals surface area contributed by atoms with Gasteiger partial charge in [0.1, 0.15) is 17.5 Å². The molecule has 0 saturated carbocycles.